The summed E-state index contributed by atoms with van der Waals surface area (Å²) in [5, 5.41) is 1.08. The van der Waals surface area contributed by atoms with Crippen molar-refractivity contribution in [3.8, 4) is 0 Å². The van der Waals surface area contributed by atoms with Gasteiger partial charge >= 0.3 is 0 Å². The van der Waals surface area contributed by atoms with Crippen molar-refractivity contribution in [3.63, 3.8) is 0 Å². The lowest BCUT2D eigenvalue weighted by Gasteiger charge is -2.46. The average molecular weight is 567 g/mol. The molecule has 1 saturated heterocycles. The second-order valence-electron chi connectivity index (χ2n) is 10.9. The maximum Gasteiger partial charge on any atom is 0.211 e. The number of aromatic nitrogens is 3. The Morgan fingerprint density at radius 3 is 2.61 bits per heavy atom. The van der Waals surface area contributed by atoms with Gasteiger partial charge in [-0.3, -0.25) is 4.40 Å². The van der Waals surface area contributed by atoms with Crippen molar-refractivity contribution in [2.45, 2.75) is 73.5 Å². The third-order valence-corrected chi connectivity index (χ3v) is 11.5. The topological polar surface area (TPSA) is 59.7 Å². The number of hydrogen-bond acceptors (Lipinski definition) is 6. The normalized spacial score (nSPS) is 21.1. The summed E-state index contributed by atoms with van der Waals surface area (Å²) in [4.78, 5) is 13.7. The van der Waals surface area contributed by atoms with E-state index in [1.54, 1.807) is 6.07 Å². The lowest BCUT2D eigenvalue weighted by Crippen LogP contribution is -2.54. The van der Waals surface area contributed by atoms with Gasteiger partial charge in [0.05, 0.1) is 21.0 Å². The Morgan fingerprint density at radius 1 is 1.14 bits per heavy atom. The highest BCUT2D eigenvalue weighted by Crippen LogP contribution is 2.50. The highest BCUT2D eigenvalue weighted by molar-refractivity contribution is 7.99. The van der Waals surface area contributed by atoms with E-state index in [1.165, 1.54) is 24.6 Å². The fourth-order valence-corrected chi connectivity index (χ4v) is 8.67. The Kier molecular flexibility index (Phi) is 7.49. The fourth-order valence-electron chi connectivity index (χ4n) is 5.84. The summed E-state index contributed by atoms with van der Waals surface area (Å²) in [5.74, 6) is 0.917. The SMILES string of the molecule is CN([C@@H]1CCCC12CCN(c1ncc(Sc3cccc(Cl)c3Cl)c3nccn13)CC2)[S+]([O-])C(C)(C)C. The van der Waals surface area contributed by atoms with Crippen LogP contribution in [0.1, 0.15) is 52.9 Å². The molecule has 194 valence electrons. The van der Waals surface area contributed by atoms with Crippen molar-refractivity contribution in [3.05, 3.63) is 46.8 Å². The third kappa shape index (κ3) is 4.85. The number of rotatable bonds is 5. The number of hydrogen-bond donors (Lipinski definition) is 0. The molecule has 1 aromatic carbocycles. The van der Waals surface area contributed by atoms with E-state index >= 15 is 0 Å². The minimum absolute atomic E-state index is 0.222. The van der Waals surface area contributed by atoms with E-state index in [0.29, 0.717) is 16.1 Å². The van der Waals surface area contributed by atoms with Crippen LogP contribution < -0.4 is 4.90 Å². The summed E-state index contributed by atoms with van der Waals surface area (Å²) in [6.45, 7) is 8.05. The van der Waals surface area contributed by atoms with Crippen molar-refractivity contribution >= 4 is 57.9 Å². The summed E-state index contributed by atoms with van der Waals surface area (Å²) in [6, 6.07) is 6.01. The molecule has 2 atom stereocenters. The van der Waals surface area contributed by atoms with Gasteiger partial charge in [-0.05, 0) is 64.0 Å². The maximum absolute atomic E-state index is 13.2. The van der Waals surface area contributed by atoms with Gasteiger partial charge in [-0.15, -0.1) is 4.31 Å². The van der Waals surface area contributed by atoms with Crippen LogP contribution in [0.4, 0.5) is 5.95 Å². The molecular formula is C26H33Cl2N5OS2. The standard InChI is InChI=1S/C26H33Cl2N5OS2/c1-25(2,3)36(34)31(4)21-9-6-10-26(21)11-14-32(15-12-26)24-30-17-20(23-29-13-16-33(23)24)35-19-8-5-7-18(27)22(19)28/h5,7-8,13,16-17,21H,6,9-12,14-15H2,1-4H3/t21-,36?/m1/s1. The van der Waals surface area contributed by atoms with Crippen molar-refractivity contribution in [2.24, 2.45) is 5.41 Å². The number of halogens is 2. The lowest BCUT2D eigenvalue weighted by atomic mass is 9.74. The number of nitrogens with zero attached hydrogens (tertiary/aromatic N) is 5. The van der Waals surface area contributed by atoms with Gasteiger partial charge in [0, 0.05) is 55.0 Å². The molecule has 2 fully saturated rings. The van der Waals surface area contributed by atoms with Crippen LogP contribution in [-0.4, -0.2) is 54.2 Å². The van der Waals surface area contributed by atoms with Crippen molar-refractivity contribution in [1.29, 1.82) is 0 Å². The van der Waals surface area contributed by atoms with Gasteiger partial charge in [0.1, 0.15) is 4.75 Å². The quantitative estimate of drug-likeness (QED) is 0.320. The number of anilines is 1. The molecule has 1 spiro atoms. The Labute approximate surface area is 231 Å². The zero-order valence-electron chi connectivity index (χ0n) is 21.2. The van der Waals surface area contributed by atoms with Gasteiger partial charge in [0.2, 0.25) is 5.95 Å². The molecule has 36 heavy (non-hydrogen) atoms. The molecule has 1 unspecified atom stereocenters. The summed E-state index contributed by atoms with van der Waals surface area (Å²) in [7, 11) is 2.06. The smallest absolute Gasteiger partial charge is 0.211 e. The first-order valence-corrected chi connectivity index (χ1v) is 15.1. The van der Waals surface area contributed by atoms with Crippen LogP contribution in [0.3, 0.4) is 0 Å². The first kappa shape index (κ1) is 26.4. The zero-order valence-corrected chi connectivity index (χ0v) is 24.4. The monoisotopic (exact) mass is 565 g/mol. The molecule has 5 rings (SSSR count). The predicted molar refractivity (Wildman–Crippen MR) is 151 cm³/mol. The summed E-state index contributed by atoms with van der Waals surface area (Å²) in [5.41, 5.74) is 1.08. The average Bonchev–Trinajstić information content (AvgIpc) is 3.49. The Bertz CT molecular complexity index is 1240. The van der Waals surface area contributed by atoms with Crippen LogP contribution in [0.15, 0.2) is 46.6 Å². The molecule has 0 amide bonds. The zero-order chi connectivity index (χ0) is 25.7. The Balaban J connectivity index is 1.35. The van der Waals surface area contributed by atoms with Gasteiger partial charge in [0.25, 0.3) is 0 Å². The highest BCUT2D eigenvalue weighted by Gasteiger charge is 2.51. The fraction of sp³-hybridized carbons (Fsp3) is 0.538. The van der Waals surface area contributed by atoms with Gasteiger partial charge in [-0.2, -0.15) is 0 Å². The van der Waals surface area contributed by atoms with E-state index < -0.39 is 11.4 Å². The van der Waals surface area contributed by atoms with E-state index in [9.17, 15) is 4.55 Å². The largest absolute Gasteiger partial charge is 0.597 e. The van der Waals surface area contributed by atoms with Crippen LogP contribution in [0, 0.1) is 5.41 Å². The second-order valence-corrected chi connectivity index (χ2v) is 15.0. The molecule has 2 aromatic heterocycles. The highest BCUT2D eigenvalue weighted by atomic mass is 35.5. The van der Waals surface area contributed by atoms with Crippen LogP contribution in [-0.2, 0) is 11.4 Å². The number of benzene rings is 1. The van der Waals surface area contributed by atoms with E-state index in [-0.39, 0.29) is 10.2 Å². The first-order chi connectivity index (χ1) is 17.1. The van der Waals surface area contributed by atoms with Crippen LogP contribution in [0.2, 0.25) is 10.0 Å². The molecular weight excluding hydrogens is 533 g/mol. The molecule has 1 aliphatic carbocycles. The molecule has 0 bridgehead atoms. The number of piperidine rings is 1. The Morgan fingerprint density at radius 2 is 1.89 bits per heavy atom. The summed E-state index contributed by atoms with van der Waals surface area (Å²) < 4.78 is 17.2. The minimum Gasteiger partial charge on any atom is -0.597 e. The van der Waals surface area contributed by atoms with E-state index in [0.717, 1.165) is 53.7 Å². The third-order valence-electron chi connectivity index (χ3n) is 7.64. The van der Waals surface area contributed by atoms with Crippen LogP contribution in [0.5, 0.6) is 0 Å². The molecule has 1 aliphatic heterocycles. The molecule has 3 aromatic rings. The van der Waals surface area contributed by atoms with Crippen molar-refractivity contribution in [1.82, 2.24) is 18.7 Å². The van der Waals surface area contributed by atoms with Gasteiger partial charge < -0.3 is 9.45 Å². The van der Waals surface area contributed by atoms with Gasteiger partial charge in [-0.1, -0.05) is 47.5 Å². The first-order valence-electron chi connectivity index (χ1n) is 12.4. The summed E-state index contributed by atoms with van der Waals surface area (Å²) in [6.07, 6.45) is 11.4. The Hall–Kier alpha value is -1.16. The molecule has 0 radical (unpaired) electrons. The molecule has 2 aliphatic rings. The minimum atomic E-state index is -1.01. The van der Waals surface area contributed by atoms with E-state index in [4.69, 9.17) is 28.2 Å². The number of imidazole rings is 1. The van der Waals surface area contributed by atoms with Crippen LogP contribution >= 0.6 is 35.0 Å². The molecule has 0 N–H and O–H groups in total. The molecule has 3 heterocycles. The molecule has 6 nitrogen and oxygen atoms in total. The van der Waals surface area contributed by atoms with Gasteiger partial charge in [0.15, 0.2) is 5.65 Å². The van der Waals surface area contributed by atoms with E-state index in [2.05, 4.69) is 46.4 Å². The molecule has 10 heteroatoms. The van der Waals surface area contributed by atoms with E-state index in [1.807, 2.05) is 30.7 Å². The lowest BCUT2D eigenvalue weighted by molar-refractivity contribution is 0.130. The number of fused-ring (bicyclic) bond motifs is 1. The maximum atomic E-state index is 13.2. The van der Waals surface area contributed by atoms with Crippen LogP contribution in [0.25, 0.3) is 5.65 Å². The molecule has 1 saturated carbocycles. The van der Waals surface area contributed by atoms with Gasteiger partial charge in [-0.25, -0.2) is 9.97 Å². The second kappa shape index (κ2) is 10.2. The predicted octanol–water partition coefficient (Wildman–Crippen LogP) is 6.72. The van der Waals surface area contributed by atoms with Crippen molar-refractivity contribution in [2.75, 3.05) is 25.0 Å². The summed E-state index contributed by atoms with van der Waals surface area (Å²) >= 11 is 13.2. The van der Waals surface area contributed by atoms with Crippen molar-refractivity contribution < 1.29 is 4.55 Å².